The highest BCUT2D eigenvalue weighted by Gasteiger charge is 2.25. The molecule has 0 aliphatic rings. The highest BCUT2D eigenvalue weighted by molar-refractivity contribution is 5.62. The van der Waals surface area contributed by atoms with Crippen molar-refractivity contribution in [2.45, 2.75) is 46.5 Å². The molecule has 0 spiro atoms. The summed E-state index contributed by atoms with van der Waals surface area (Å²) in [4.78, 5) is 0. The maximum atomic E-state index is 2.38. The van der Waals surface area contributed by atoms with Gasteiger partial charge in [-0.3, -0.25) is 0 Å². The molecule has 1 aromatic carbocycles. The lowest BCUT2D eigenvalue weighted by Crippen LogP contribution is -2.33. The third-order valence-corrected chi connectivity index (χ3v) is 4.51. The minimum atomic E-state index is 0.218. The van der Waals surface area contributed by atoms with Crippen molar-refractivity contribution in [3.8, 4) is 11.3 Å². The number of hydrogen-bond donors (Lipinski definition) is 0. The smallest absolute Gasteiger partial charge is 0.201 e. The first-order valence-electron chi connectivity index (χ1n) is 7.43. The zero-order chi connectivity index (χ0) is 14.9. The molecule has 0 unspecified atom stereocenters. The zero-order valence-electron chi connectivity index (χ0n) is 13.6. The molecule has 0 radical (unpaired) electrons. The van der Waals surface area contributed by atoms with Crippen molar-refractivity contribution in [1.82, 2.24) is 0 Å². The molecule has 0 saturated carbocycles. The van der Waals surface area contributed by atoms with Crippen molar-refractivity contribution in [3.63, 3.8) is 0 Å². The summed E-state index contributed by atoms with van der Waals surface area (Å²) in [7, 11) is 2.14. The molecule has 1 aromatic heterocycles. The number of nitrogens with zero attached hydrogens (tertiary/aromatic N) is 1. The van der Waals surface area contributed by atoms with Gasteiger partial charge in [-0.2, -0.15) is 0 Å². The van der Waals surface area contributed by atoms with Gasteiger partial charge in [-0.05, 0) is 42.9 Å². The monoisotopic (exact) mass is 268 g/mol. The van der Waals surface area contributed by atoms with Crippen molar-refractivity contribution >= 4 is 0 Å². The van der Waals surface area contributed by atoms with Crippen LogP contribution in [-0.2, 0) is 12.5 Å². The van der Waals surface area contributed by atoms with Gasteiger partial charge in [0.25, 0.3) is 0 Å². The first-order chi connectivity index (χ1) is 9.36. The predicted molar refractivity (Wildman–Crippen MR) is 85.8 cm³/mol. The molecule has 0 amide bonds. The average Bonchev–Trinajstić information content (AvgIpc) is 2.40. The molecule has 20 heavy (non-hydrogen) atoms. The number of hydrogen-bond acceptors (Lipinski definition) is 0. The van der Waals surface area contributed by atoms with Crippen molar-refractivity contribution in [2.75, 3.05) is 0 Å². The van der Waals surface area contributed by atoms with E-state index in [1.807, 2.05) is 0 Å². The molecule has 0 aliphatic heterocycles. The van der Waals surface area contributed by atoms with Gasteiger partial charge in [-0.15, -0.1) is 0 Å². The molecular formula is C19H26N+. The fourth-order valence-corrected chi connectivity index (χ4v) is 2.83. The molecule has 0 N–H and O–H groups in total. The van der Waals surface area contributed by atoms with Crippen LogP contribution in [0.25, 0.3) is 11.3 Å². The Morgan fingerprint density at radius 2 is 1.70 bits per heavy atom. The van der Waals surface area contributed by atoms with Crippen LogP contribution in [0.3, 0.4) is 0 Å². The van der Waals surface area contributed by atoms with Crippen molar-refractivity contribution in [3.05, 3.63) is 53.2 Å². The summed E-state index contributed by atoms with van der Waals surface area (Å²) in [6.07, 6.45) is 3.41. The Labute approximate surface area is 123 Å². The largest absolute Gasteiger partial charge is 0.212 e. The highest BCUT2D eigenvalue weighted by atomic mass is 14.9. The summed E-state index contributed by atoms with van der Waals surface area (Å²) in [5.74, 6) is 0. The van der Waals surface area contributed by atoms with Crippen molar-refractivity contribution < 1.29 is 4.57 Å². The van der Waals surface area contributed by atoms with E-state index in [1.54, 1.807) is 0 Å². The van der Waals surface area contributed by atoms with Gasteiger partial charge in [0.05, 0.1) is 0 Å². The van der Waals surface area contributed by atoms with E-state index < -0.39 is 0 Å². The molecule has 1 nitrogen and oxygen atoms in total. The standard InChI is InChI=1S/C19H26N/c1-7-19(4,5)17-12-18(20(6)13-15(17)3)16-11-9-8-10-14(16)2/h8-13H,7H2,1-6H3/q+1. The molecule has 0 saturated heterocycles. The molecule has 0 aliphatic carbocycles. The van der Waals surface area contributed by atoms with Crippen LogP contribution in [0, 0.1) is 13.8 Å². The van der Waals surface area contributed by atoms with Gasteiger partial charge in [-0.25, -0.2) is 4.57 Å². The number of aromatic nitrogens is 1. The Kier molecular flexibility index (Phi) is 3.99. The lowest BCUT2D eigenvalue weighted by Gasteiger charge is -2.25. The summed E-state index contributed by atoms with van der Waals surface area (Å²) >= 11 is 0. The lowest BCUT2D eigenvalue weighted by atomic mass is 9.80. The zero-order valence-corrected chi connectivity index (χ0v) is 13.6. The van der Waals surface area contributed by atoms with Gasteiger partial charge >= 0.3 is 0 Å². The van der Waals surface area contributed by atoms with Crippen LogP contribution in [0.4, 0.5) is 0 Å². The molecule has 1 heteroatoms. The topological polar surface area (TPSA) is 3.88 Å². The fourth-order valence-electron chi connectivity index (χ4n) is 2.83. The summed E-state index contributed by atoms with van der Waals surface area (Å²) in [6, 6.07) is 11.0. The van der Waals surface area contributed by atoms with Gasteiger partial charge < -0.3 is 0 Å². The van der Waals surface area contributed by atoms with Crippen molar-refractivity contribution in [1.29, 1.82) is 0 Å². The molecule has 0 atom stereocenters. The van der Waals surface area contributed by atoms with Crippen LogP contribution in [0.2, 0.25) is 0 Å². The summed E-state index contributed by atoms with van der Waals surface area (Å²) in [6.45, 7) is 11.3. The SMILES string of the molecule is CCC(C)(C)c1cc(-c2ccccc2C)[n+](C)cc1C. The molecule has 1 heterocycles. The van der Waals surface area contributed by atoms with Gasteiger partial charge in [0.15, 0.2) is 6.20 Å². The van der Waals surface area contributed by atoms with Crippen LogP contribution in [0.1, 0.15) is 43.9 Å². The number of pyridine rings is 1. The molecule has 106 valence electrons. The lowest BCUT2D eigenvalue weighted by molar-refractivity contribution is -0.660. The fraction of sp³-hybridized carbons (Fsp3) is 0.421. The van der Waals surface area contributed by atoms with E-state index in [0.29, 0.717) is 0 Å². The van der Waals surface area contributed by atoms with E-state index in [9.17, 15) is 0 Å². The van der Waals surface area contributed by atoms with E-state index in [2.05, 4.69) is 82.8 Å². The molecular weight excluding hydrogens is 242 g/mol. The minimum Gasteiger partial charge on any atom is -0.201 e. The second-order valence-electron chi connectivity index (χ2n) is 6.42. The van der Waals surface area contributed by atoms with Gasteiger partial charge in [0.2, 0.25) is 5.69 Å². The van der Waals surface area contributed by atoms with Gasteiger partial charge in [0.1, 0.15) is 7.05 Å². The minimum absolute atomic E-state index is 0.218. The van der Waals surface area contributed by atoms with E-state index in [0.717, 1.165) is 6.42 Å². The van der Waals surface area contributed by atoms with Gasteiger partial charge in [0, 0.05) is 17.2 Å². The molecule has 2 rings (SSSR count). The number of rotatable bonds is 3. The second kappa shape index (κ2) is 5.40. The average molecular weight is 268 g/mol. The van der Waals surface area contributed by atoms with Gasteiger partial charge in [-0.1, -0.05) is 39.0 Å². The van der Waals surface area contributed by atoms with E-state index >= 15 is 0 Å². The van der Waals surface area contributed by atoms with Crippen LogP contribution >= 0.6 is 0 Å². The van der Waals surface area contributed by atoms with E-state index in [4.69, 9.17) is 0 Å². The first kappa shape index (κ1) is 14.8. The predicted octanol–water partition coefficient (Wildman–Crippen LogP) is 4.48. The Morgan fingerprint density at radius 3 is 2.30 bits per heavy atom. The maximum Gasteiger partial charge on any atom is 0.212 e. The third kappa shape index (κ3) is 2.63. The summed E-state index contributed by atoms with van der Waals surface area (Å²) in [5.41, 5.74) is 6.99. The Morgan fingerprint density at radius 1 is 1.05 bits per heavy atom. The maximum absolute atomic E-state index is 2.38. The van der Waals surface area contributed by atoms with E-state index in [-0.39, 0.29) is 5.41 Å². The van der Waals surface area contributed by atoms with Crippen LogP contribution in [0.5, 0.6) is 0 Å². The molecule has 0 bridgehead atoms. The van der Waals surface area contributed by atoms with Crippen molar-refractivity contribution in [2.24, 2.45) is 7.05 Å². The Bertz CT molecular complexity index is 624. The summed E-state index contributed by atoms with van der Waals surface area (Å²) < 4.78 is 2.24. The number of benzene rings is 1. The Balaban J connectivity index is 2.67. The third-order valence-electron chi connectivity index (χ3n) is 4.51. The van der Waals surface area contributed by atoms with Crippen LogP contribution < -0.4 is 4.57 Å². The summed E-state index contributed by atoms with van der Waals surface area (Å²) in [5, 5.41) is 0. The molecule has 0 fully saturated rings. The quantitative estimate of drug-likeness (QED) is 0.722. The first-order valence-corrected chi connectivity index (χ1v) is 7.43. The Hall–Kier alpha value is -1.63. The van der Waals surface area contributed by atoms with Crippen LogP contribution in [0.15, 0.2) is 36.5 Å². The van der Waals surface area contributed by atoms with E-state index in [1.165, 1.54) is 27.9 Å². The highest BCUT2D eigenvalue weighted by Crippen LogP contribution is 2.31. The second-order valence-corrected chi connectivity index (χ2v) is 6.42. The number of aryl methyl sites for hydroxylation is 3. The van der Waals surface area contributed by atoms with Crippen LogP contribution in [-0.4, -0.2) is 0 Å². The normalized spacial score (nSPS) is 11.7. The molecule has 2 aromatic rings.